The SMILES string of the molecule is CCOC(=O)C1=C(C)N=c2s/c(=C\c3cn(Cc4ccc(C(=O)OCC)cc4)c4ccccc34)c(=O)n2[C@@H]1c1ccccc1Cl. The van der Waals surface area contributed by atoms with Gasteiger partial charge in [0, 0.05) is 34.2 Å². The molecule has 0 saturated heterocycles. The average molecular weight is 640 g/mol. The predicted octanol–water partition coefficient (Wildman–Crippen LogP) is 5.63. The number of halogens is 1. The maximum atomic E-state index is 14.1. The first-order valence-corrected chi connectivity index (χ1v) is 15.8. The Hall–Kier alpha value is -4.73. The first kappa shape index (κ1) is 30.3. The molecule has 1 aliphatic heterocycles. The Bertz CT molecular complexity index is 2160. The molecule has 45 heavy (non-hydrogen) atoms. The Labute approximate surface area is 268 Å². The van der Waals surface area contributed by atoms with Crippen LogP contribution in [0.25, 0.3) is 17.0 Å². The number of aromatic nitrogens is 2. The number of carbonyl (C=O) groups is 2. The fourth-order valence-electron chi connectivity index (χ4n) is 5.60. The van der Waals surface area contributed by atoms with Crippen LogP contribution < -0.4 is 14.9 Å². The Balaban J connectivity index is 1.45. The lowest BCUT2D eigenvalue weighted by Crippen LogP contribution is -2.40. The zero-order valence-corrected chi connectivity index (χ0v) is 26.5. The number of esters is 2. The number of hydrogen-bond acceptors (Lipinski definition) is 7. The van der Waals surface area contributed by atoms with Crippen molar-refractivity contribution < 1.29 is 19.1 Å². The lowest BCUT2D eigenvalue weighted by atomic mass is 9.96. The van der Waals surface area contributed by atoms with E-state index < -0.39 is 12.0 Å². The zero-order valence-electron chi connectivity index (χ0n) is 25.0. The summed E-state index contributed by atoms with van der Waals surface area (Å²) in [7, 11) is 0. The first-order chi connectivity index (χ1) is 21.8. The van der Waals surface area contributed by atoms with Crippen molar-refractivity contribution in [3.8, 4) is 0 Å². The number of rotatable bonds is 8. The average Bonchev–Trinajstić information content (AvgIpc) is 3.53. The van der Waals surface area contributed by atoms with E-state index in [0.717, 1.165) is 22.0 Å². The van der Waals surface area contributed by atoms with Crippen molar-refractivity contribution in [1.82, 2.24) is 9.13 Å². The van der Waals surface area contributed by atoms with Gasteiger partial charge in [-0.2, -0.15) is 0 Å². The van der Waals surface area contributed by atoms with E-state index in [1.807, 2.05) is 60.8 Å². The Morgan fingerprint density at radius 2 is 1.64 bits per heavy atom. The number of carbonyl (C=O) groups excluding carboxylic acids is 2. The Morgan fingerprint density at radius 1 is 0.956 bits per heavy atom. The fourth-order valence-corrected chi connectivity index (χ4v) is 6.88. The van der Waals surface area contributed by atoms with E-state index in [1.165, 1.54) is 11.3 Å². The minimum Gasteiger partial charge on any atom is -0.463 e. The highest BCUT2D eigenvalue weighted by Gasteiger charge is 2.34. The van der Waals surface area contributed by atoms with Gasteiger partial charge >= 0.3 is 11.9 Å². The summed E-state index contributed by atoms with van der Waals surface area (Å²) in [4.78, 5) is 44.5. The number of ether oxygens (including phenoxy) is 2. The molecule has 0 bridgehead atoms. The number of thiazole rings is 1. The van der Waals surface area contributed by atoms with Crippen LogP contribution >= 0.6 is 22.9 Å². The molecule has 0 fully saturated rings. The van der Waals surface area contributed by atoms with Gasteiger partial charge in [0.2, 0.25) is 0 Å². The van der Waals surface area contributed by atoms with Crippen molar-refractivity contribution >= 4 is 51.9 Å². The van der Waals surface area contributed by atoms with Crippen molar-refractivity contribution in [1.29, 1.82) is 0 Å². The van der Waals surface area contributed by atoms with E-state index in [-0.39, 0.29) is 23.7 Å². The van der Waals surface area contributed by atoms with Gasteiger partial charge in [-0.3, -0.25) is 9.36 Å². The largest absolute Gasteiger partial charge is 0.463 e. The summed E-state index contributed by atoms with van der Waals surface area (Å²) in [6.45, 7) is 6.34. The smallest absolute Gasteiger partial charge is 0.338 e. The number of allylic oxidation sites excluding steroid dienone is 1. The molecule has 0 amide bonds. The molecular formula is C35H30ClN3O5S. The van der Waals surface area contributed by atoms with Crippen LogP contribution in [0.15, 0.2) is 100 Å². The van der Waals surface area contributed by atoms with Crippen LogP contribution in [0.1, 0.15) is 53.9 Å². The highest BCUT2D eigenvalue weighted by molar-refractivity contribution is 7.07. The maximum absolute atomic E-state index is 14.1. The molecule has 1 aliphatic rings. The van der Waals surface area contributed by atoms with Crippen molar-refractivity contribution in [2.75, 3.05) is 13.2 Å². The fraction of sp³-hybridized carbons (Fsp3) is 0.200. The summed E-state index contributed by atoms with van der Waals surface area (Å²) < 4.78 is 14.6. The van der Waals surface area contributed by atoms with E-state index in [0.29, 0.717) is 44.3 Å². The van der Waals surface area contributed by atoms with Crippen molar-refractivity contribution in [2.24, 2.45) is 4.99 Å². The number of benzene rings is 3. The molecule has 228 valence electrons. The van der Waals surface area contributed by atoms with E-state index in [1.54, 1.807) is 49.6 Å². The van der Waals surface area contributed by atoms with Gasteiger partial charge in [0.05, 0.1) is 34.6 Å². The van der Waals surface area contributed by atoms with Crippen molar-refractivity contribution in [3.63, 3.8) is 0 Å². The standard InChI is InChI=1S/C35H30ClN3O5S/c1-4-43-33(41)23-16-14-22(15-17-23)19-38-20-24(25-10-7-9-13-28(25)38)18-29-32(40)39-31(26-11-6-8-12-27(26)36)30(34(42)44-5-2)21(3)37-35(39)45-29/h6-18,20,31H,4-5,19H2,1-3H3/b29-18-/t31-/m1/s1. The molecule has 3 heterocycles. The summed E-state index contributed by atoms with van der Waals surface area (Å²) >= 11 is 7.90. The van der Waals surface area contributed by atoms with Crippen LogP contribution in [0.4, 0.5) is 0 Å². The second-order valence-electron chi connectivity index (χ2n) is 10.5. The third-order valence-electron chi connectivity index (χ3n) is 7.64. The van der Waals surface area contributed by atoms with Crippen molar-refractivity contribution in [2.45, 2.75) is 33.4 Å². The third kappa shape index (κ3) is 5.77. The highest BCUT2D eigenvalue weighted by Crippen LogP contribution is 2.34. The van der Waals surface area contributed by atoms with Crippen LogP contribution in [0.3, 0.4) is 0 Å². The van der Waals surface area contributed by atoms with Crippen LogP contribution in [0.5, 0.6) is 0 Å². The number of fused-ring (bicyclic) bond motifs is 2. The molecule has 0 aliphatic carbocycles. The van der Waals surface area contributed by atoms with Gasteiger partial charge < -0.3 is 14.0 Å². The normalized spacial score (nSPS) is 14.8. The molecule has 5 aromatic rings. The molecule has 2 aromatic heterocycles. The van der Waals surface area contributed by atoms with Gasteiger partial charge in [0.15, 0.2) is 4.80 Å². The molecular weight excluding hydrogens is 610 g/mol. The molecule has 1 atom stereocenters. The summed E-state index contributed by atoms with van der Waals surface area (Å²) in [5.41, 5.74) is 4.50. The molecule has 0 radical (unpaired) electrons. The third-order valence-corrected chi connectivity index (χ3v) is 8.97. The van der Waals surface area contributed by atoms with Crippen LogP contribution in [0.2, 0.25) is 5.02 Å². The maximum Gasteiger partial charge on any atom is 0.338 e. The molecule has 6 rings (SSSR count). The Morgan fingerprint density at radius 3 is 2.38 bits per heavy atom. The lowest BCUT2D eigenvalue weighted by molar-refractivity contribution is -0.139. The zero-order chi connectivity index (χ0) is 31.7. The molecule has 0 saturated carbocycles. The van der Waals surface area contributed by atoms with Gasteiger partial charge in [-0.25, -0.2) is 14.6 Å². The summed E-state index contributed by atoms with van der Waals surface area (Å²) in [6.07, 6.45) is 3.89. The molecule has 8 nitrogen and oxygen atoms in total. The molecule has 0 spiro atoms. The van der Waals surface area contributed by atoms with Gasteiger partial charge in [0.25, 0.3) is 5.56 Å². The molecule has 0 N–H and O–H groups in total. The molecule has 0 unspecified atom stereocenters. The number of nitrogens with zero attached hydrogens (tertiary/aromatic N) is 3. The van der Waals surface area contributed by atoms with E-state index in [4.69, 9.17) is 21.1 Å². The quantitative estimate of drug-likeness (QED) is 0.205. The Kier molecular flexibility index (Phi) is 8.56. The van der Waals surface area contributed by atoms with Crippen LogP contribution in [-0.4, -0.2) is 34.3 Å². The summed E-state index contributed by atoms with van der Waals surface area (Å²) in [6, 6.07) is 21.8. The van der Waals surface area contributed by atoms with Gasteiger partial charge in [-0.15, -0.1) is 0 Å². The van der Waals surface area contributed by atoms with Gasteiger partial charge in [0.1, 0.15) is 6.04 Å². The topological polar surface area (TPSA) is 91.9 Å². The van der Waals surface area contributed by atoms with E-state index in [9.17, 15) is 14.4 Å². The highest BCUT2D eigenvalue weighted by atomic mass is 35.5. The molecule has 10 heteroatoms. The van der Waals surface area contributed by atoms with Crippen LogP contribution in [0, 0.1) is 0 Å². The minimum atomic E-state index is -0.782. The second kappa shape index (κ2) is 12.7. The number of para-hydroxylation sites is 1. The van der Waals surface area contributed by atoms with E-state index >= 15 is 0 Å². The number of hydrogen-bond donors (Lipinski definition) is 0. The van der Waals surface area contributed by atoms with Crippen LogP contribution in [-0.2, 0) is 20.8 Å². The monoisotopic (exact) mass is 639 g/mol. The van der Waals surface area contributed by atoms with Gasteiger partial charge in [-0.05, 0) is 62.2 Å². The lowest BCUT2D eigenvalue weighted by Gasteiger charge is -2.25. The first-order valence-electron chi connectivity index (χ1n) is 14.6. The van der Waals surface area contributed by atoms with Gasteiger partial charge in [-0.1, -0.05) is 71.5 Å². The summed E-state index contributed by atoms with van der Waals surface area (Å²) in [5, 5.41) is 1.42. The van der Waals surface area contributed by atoms with E-state index in [2.05, 4.69) is 9.56 Å². The van der Waals surface area contributed by atoms with Crippen molar-refractivity contribution in [3.05, 3.63) is 137 Å². The second-order valence-corrected chi connectivity index (χ2v) is 11.9. The minimum absolute atomic E-state index is 0.189. The molecule has 3 aromatic carbocycles. The summed E-state index contributed by atoms with van der Waals surface area (Å²) in [5.74, 6) is -0.878. The predicted molar refractivity (Wildman–Crippen MR) is 175 cm³/mol.